The molecule has 1 aromatic heterocycles. The smallest absolute Gasteiger partial charge is 0.405 e. The molecule has 11 nitrogen and oxygen atoms in total. The average molecular weight is 376 g/mol. The first-order valence-electron chi connectivity index (χ1n) is 8.18. The molecular formula is C16H20N6O5. The summed E-state index contributed by atoms with van der Waals surface area (Å²) in [6, 6.07) is 3.99. The Morgan fingerprint density at radius 2 is 2.11 bits per heavy atom. The third-order valence-corrected chi connectivity index (χ3v) is 4.35. The molecule has 3 rings (SSSR count). The molecule has 1 aromatic carbocycles. The van der Waals surface area contributed by atoms with E-state index in [0.717, 1.165) is 5.56 Å². The van der Waals surface area contributed by atoms with Gasteiger partial charge in [-0.1, -0.05) is 0 Å². The number of amides is 2. The third-order valence-electron chi connectivity index (χ3n) is 4.35. The molecular weight excluding hydrogens is 356 g/mol. The van der Waals surface area contributed by atoms with E-state index in [1.54, 1.807) is 37.1 Å². The van der Waals surface area contributed by atoms with Crippen LogP contribution in [0.4, 0.5) is 4.79 Å². The summed E-state index contributed by atoms with van der Waals surface area (Å²) in [5.74, 6) is 1.38. The molecule has 0 aliphatic carbocycles. The zero-order valence-electron chi connectivity index (χ0n) is 15.1. The van der Waals surface area contributed by atoms with Crippen LogP contribution in [0.3, 0.4) is 0 Å². The number of hydrogen-bond donors (Lipinski definition) is 2. The number of nitrogens with zero attached hydrogens (tertiary/aromatic N) is 5. The SMILES string of the molecule is COc1ccc(CN2C(=O)[C@@H](NC(=O)O)[C@H]2Cn2nnc(C)n2)c(OC)c1. The molecule has 1 saturated heterocycles. The van der Waals surface area contributed by atoms with E-state index in [1.165, 1.54) is 11.9 Å². The van der Waals surface area contributed by atoms with Gasteiger partial charge in [-0.25, -0.2) is 4.79 Å². The fourth-order valence-electron chi connectivity index (χ4n) is 3.03. The van der Waals surface area contributed by atoms with Crippen molar-refractivity contribution < 1.29 is 24.2 Å². The predicted octanol–water partition coefficient (Wildman–Crippen LogP) is 0.0459. The lowest BCUT2D eigenvalue weighted by Gasteiger charge is -2.46. The van der Waals surface area contributed by atoms with Crippen LogP contribution in [0.1, 0.15) is 11.4 Å². The number of aryl methyl sites for hydroxylation is 1. The number of aromatic nitrogens is 4. The zero-order valence-corrected chi connectivity index (χ0v) is 15.1. The number of methoxy groups -OCH3 is 2. The summed E-state index contributed by atoms with van der Waals surface area (Å²) >= 11 is 0. The van der Waals surface area contributed by atoms with Gasteiger partial charge >= 0.3 is 6.09 Å². The van der Waals surface area contributed by atoms with E-state index in [2.05, 4.69) is 20.7 Å². The Hall–Kier alpha value is -3.37. The van der Waals surface area contributed by atoms with Gasteiger partial charge in [0.2, 0.25) is 5.91 Å². The molecule has 11 heteroatoms. The lowest BCUT2D eigenvalue weighted by molar-refractivity contribution is -0.153. The van der Waals surface area contributed by atoms with Crippen LogP contribution in [0, 0.1) is 6.92 Å². The Kier molecular flexibility index (Phi) is 5.10. The number of carbonyl (C=O) groups is 2. The van der Waals surface area contributed by atoms with Crippen molar-refractivity contribution >= 4 is 12.0 Å². The van der Waals surface area contributed by atoms with E-state index in [4.69, 9.17) is 14.6 Å². The highest BCUT2D eigenvalue weighted by atomic mass is 16.5. The lowest BCUT2D eigenvalue weighted by atomic mass is 9.94. The summed E-state index contributed by atoms with van der Waals surface area (Å²) < 4.78 is 10.6. The standard InChI is InChI=1S/C16H20N6O5/c1-9-18-20-22(19-9)8-12-14(17-16(24)25)15(23)21(12)7-10-4-5-11(26-2)6-13(10)27-3/h4-6,12,14,17H,7-8H2,1-3H3,(H,24,25)/t12-,14+/m1/s1. The number of benzene rings is 1. The number of carbonyl (C=O) groups excluding carboxylic acids is 1. The van der Waals surface area contributed by atoms with E-state index in [-0.39, 0.29) is 19.0 Å². The molecule has 0 spiro atoms. The third kappa shape index (κ3) is 3.76. The monoisotopic (exact) mass is 376 g/mol. The number of hydrogen-bond acceptors (Lipinski definition) is 7. The largest absolute Gasteiger partial charge is 0.497 e. The van der Waals surface area contributed by atoms with Gasteiger partial charge in [0, 0.05) is 18.2 Å². The molecule has 2 amide bonds. The van der Waals surface area contributed by atoms with Gasteiger partial charge in [-0.3, -0.25) is 4.79 Å². The van der Waals surface area contributed by atoms with E-state index in [1.807, 2.05) is 0 Å². The number of ether oxygens (including phenoxy) is 2. The number of β-lactam (4-membered cyclic amide) rings is 1. The first-order chi connectivity index (χ1) is 12.9. The number of carboxylic acid groups (broad SMARTS) is 1. The Labute approximate surface area is 154 Å². The van der Waals surface area contributed by atoms with Gasteiger partial charge in [-0.05, 0) is 24.3 Å². The van der Waals surface area contributed by atoms with Crippen LogP contribution in [0.2, 0.25) is 0 Å². The highest BCUT2D eigenvalue weighted by molar-refractivity contribution is 5.92. The molecule has 2 heterocycles. The second kappa shape index (κ2) is 7.48. The van der Waals surface area contributed by atoms with Crippen LogP contribution in [-0.2, 0) is 17.9 Å². The van der Waals surface area contributed by atoms with E-state index in [0.29, 0.717) is 17.3 Å². The fourth-order valence-corrected chi connectivity index (χ4v) is 3.03. The number of likely N-dealkylation sites (tertiary alicyclic amines) is 1. The molecule has 1 fully saturated rings. The Balaban J connectivity index is 1.81. The minimum absolute atomic E-state index is 0.218. The highest BCUT2D eigenvalue weighted by Crippen LogP contribution is 2.30. The van der Waals surface area contributed by atoms with Crippen molar-refractivity contribution in [3.63, 3.8) is 0 Å². The summed E-state index contributed by atoms with van der Waals surface area (Å²) in [5, 5.41) is 23.1. The first-order valence-corrected chi connectivity index (χ1v) is 8.18. The molecule has 0 bridgehead atoms. The molecule has 0 radical (unpaired) electrons. The fraction of sp³-hybridized carbons (Fsp3) is 0.438. The van der Waals surface area contributed by atoms with Crippen molar-refractivity contribution in [1.29, 1.82) is 0 Å². The number of nitrogens with one attached hydrogen (secondary N) is 1. The highest BCUT2D eigenvalue weighted by Gasteiger charge is 2.48. The number of tetrazole rings is 1. The van der Waals surface area contributed by atoms with Crippen molar-refractivity contribution in [2.75, 3.05) is 14.2 Å². The summed E-state index contributed by atoms with van der Waals surface area (Å²) in [4.78, 5) is 26.4. The van der Waals surface area contributed by atoms with Crippen molar-refractivity contribution in [2.45, 2.75) is 32.1 Å². The molecule has 144 valence electrons. The molecule has 27 heavy (non-hydrogen) atoms. The molecule has 0 unspecified atom stereocenters. The maximum Gasteiger partial charge on any atom is 0.405 e. The van der Waals surface area contributed by atoms with Crippen LogP contribution >= 0.6 is 0 Å². The zero-order chi connectivity index (χ0) is 19.6. The van der Waals surface area contributed by atoms with Crippen LogP contribution in [-0.4, -0.2) is 68.5 Å². The maximum absolute atomic E-state index is 12.5. The summed E-state index contributed by atoms with van der Waals surface area (Å²) in [6.45, 7) is 2.17. The topological polar surface area (TPSA) is 132 Å². The summed E-state index contributed by atoms with van der Waals surface area (Å²) in [5.41, 5.74) is 0.771. The molecule has 1 aliphatic rings. The quantitative estimate of drug-likeness (QED) is 0.648. The van der Waals surface area contributed by atoms with E-state index >= 15 is 0 Å². The van der Waals surface area contributed by atoms with Crippen molar-refractivity contribution in [1.82, 2.24) is 30.4 Å². The summed E-state index contributed by atoms with van der Waals surface area (Å²) in [7, 11) is 3.09. The van der Waals surface area contributed by atoms with Gasteiger partial charge in [0.05, 0.1) is 26.8 Å². The van der Waals surface area contributed by atoms with Crippen LogP contribution in [0.25, 0.3) is 0 Å². The maximum atomic E-state index is 12.5. The van der Waals surface area contributed by atoms with E-state index in [9.17, 15) is 9.59 Å². The Morgan fingerprint density at radius 3 is 2.70 bits per heavy atom. The molecule has 1 aliphatic heterocycles. The van der Waals surface area contributed by atoms with Crippen LogP contribution in [0.15, 0.2) is 18.2 Å². The van der Waals surface area contributed by atoms with Crippen LogP contribution < -0.4 is 14.8 Å². The molecule has 2 N–H and O–H groups in total. The van der Waals surface area contributed by atoms with Crippen LogP contribution in [0.5, 0.6) is 11.5 Å². The predicted molar refractivity (Wildman–Crippen MR) is 91.4 cm³/mol. The second-order valence-corrected chi connectivity index (χ2v) is 6.03. The average Bonchev–Trinajstić information content (AvgIpc) is 3.07. The Morgan fingerprint density at radius 1 is 1.33 bits per heavy atom. The van der Waals surface area contributed by atoms with Gasteiger partial charge < -0.3 is 24.8 Å². The van der Waals surface area contributed by atoms with Gasteiger partial charge in [-0.15, -0.1) is 10.2 Å². The lowest BCUT2D eigenvalue weighted by Crippen LogP contribution is -2.71. The van der Waals surface area contributed by atoms with Gasteiger partial charge in [-0.2, -0.15) is 4.80 Å². The molecule has 2 aromatic rings. The minimum atomic E-state index is -1.26. The van der Waals surface area contributed by atoms with Gasteiger partial charge in [0.15, 0.2) is 5.82 Å². The van der Waals surface area contributed by atoms with Crippen molar-refractivity contribution in [2.24, 2.45) is 0 Å². The van der Waals surface area contributed by atoms with E-state index < -0.39 is 18.2 Å². The van der Waals surface area contributed by atoms with Crippen molar-refractivity contribution in [3.8, 4) is 11.5 Å². The first kappa shape index (κ1) is 18.4. The Bertz CT molecular complexity index is 854. The molecule has 2 atom stereocenters. The minimum Gasteiger partial charge on any atom is -0.497 e. The van der Waals surface area contributed by atoms with Gasteiger partial charge in [0.1, 0.15) is 17.5 Å². The molecule has 0 saturated carbocycles. The normalized spacial score (nSPS) is 18.8. The second-order valence-electron chi connectivity index (χ2n) is 6.03. The van der Waals surface area contributed by atoms with Crippen molar-refractivity contribution in [3.05, 3.63) is 29.6 Å². The van der Waals surface area contributed by atoms with Gasteiger partial charge in [0.25, 0.3) is 0 Å². The summed E-state index contributed by atoms with van der Waals surface area (Å²) in [6.07, 6.45) is -1.26. The number of rotatable bonds is 7.